The maximum absolute atomic E-state index is 11.8. The molecule has 5 heteroatoms. The molecule has 1 N–H and O–H groups in total. The van der Waals surface area contributed by atoms with E-state index in [1.54, 1.807) is 12.4 Å². The van der Waals surface area contributed by atoms with Crippen LogP contribution in [0.25, 0.3) is 5.78 Å². The molecule has 5 nitrogen and oxygen atoms in total. The van der Waals surface area contributed by atoms with Gasteiger partial charge in [-0.3, -0.25) is 9.20 Å². The van der Waals surface area contributed by atoms with Crippen LogP contribution < -0.4 is 5.32 Å². The van der Waals surface area contributed by atoms with Crippen molar-refractivity contribution >= 4 is 11.6 Å². The highest BCUT2D eigenvalue weighted by Gasteiger charge is 2.26. The summed E-state index contributed by atoms with van der Waals surface area (Å²) in [5, 5.41) is 3.24. The van der Waals surface area contributed by atoms with E-state index in [0.29, 0.717) is 18.7 Å². The van der Waals surface area contributed by atoms with Gasteiger partial charge in [0.2, 0.25) is 5.78 Å². The predicted octanol–water partition coefficient (Wildman–Crippen LogP) is 0.375. The van der Waals surface area contributed by atoms with Crippen LogP contribution in [0.5, 0.6) is 0 Å². The molecule has 0 aromatic carbocycles. The van der Waals surface area contributed by atoms with Crippen LogP contribution in [0.2, 0.25) is 0 Å². The first-order chi connectivity index (χ1) is 7.86. The van der Waals surface area contributed by atoms with Gasteiger partial charge < -0.3 is 5.32 Å². The predicted molar refractivity (Wildman–Crippen MR) is 58.2 cm³/mol. The molecule has 0 radical (unpaired) electrons. The van der Waals surface area contributed by atoms with Crippen LogP contribution in [0.4, 0.5) is 0 Å². The van der Waals surface area contributed by atoms with E-state index in [1.165, 1.54) is 0 Å². The zero-order chi connectivity index (χ0) is 11.0. The number of fused-ring (bicyclic) bond motifs is 1. The maximum Gasteiger partial charge on any atom is 0.233 e. The van der Waals surface area contributed by atoms with Gasteiger partial charge in [0.1, 0.15) is 5.78 Å². The van der Waals surface area contributed by atoms with Crippen molar-refractivity contribution in [2.75, 3.05) is 13.1 Å². The molecule has 3 rings (SSSR count). The minimum Gasteiger partial charge on any atom is -0.315 e. The van der Waals surface area contributed by atoms with E-state index in [9.17, 15) is 4.79 Å². The molecule has 1 atom stereocenters. The van der Waals surface area contributed by atoms with Crippen LogP contribution in [-0.4, -0.2) is 33.2 Å². The van der Waals surface area contributed by atoms with Crippen LogP contribution in [0.3, 0.4) is 0 Å². The molecular weight excluding hydrogens is 204 g/mol. The summed E-state index contributed by atoms with van der Waals surface area (Å²) in [4.78, 5) is 20.2. The van der Waals surface area contributed by atoms with E-state index in [-0.39, 0.29) is 11.7 Å². The van der Waals surface area contributed by atoms with Gasteiger partial charge >= 0.3 is 0 Å². The van der Waals surface area contributed by atoms with Gasteiger partial charge in [0, 0.05) is 31.9 Å². The fraction of sp³-hybridized carbons (Fsp3) is 0.364. The van der Waals surface area contributed by atoms with Crippen LogP contribution in [0, 0.1) is 0 Å². The summed E-state index contributed by atoms with van der Waals surface area (Å²) in [6.07, 6.45) is 5.94. The fourth-order valence-corrected chi connectivity index (χ4v) is 2.12. The molecule has 1 saturated heterocycles. The number of hydrogen-bond acceptors (Lipinski definition) is 4. The number of nitrogens with zero attached hydrogens (tertiary/aromatic N) is 3. The second kappa shape index (κ2) is 3.68. The van der Waals surface area contributed by atoms with Crippen molar-refractivity contribution in [3.05, 3.63) is 30.4 Å². The lowest BCUT2D eigenvalue weighted by atomic mass is 9.95. The van der Waals surface area contributed by atoms with E-state index in [1.807, 2.05) is 16.7 Å². The number of carbonyl (C=O) groups excluding carboxylic acids is 1. The van der Waals surface area contributed by atoms with E-state index < -0.39 is 0 Å². The summed E-state index contributed by atoms with van der Waals surface area (Å²) in [6, 6.07) is 1.85. The first kappa shape index (κ1) is 9.47. The first-order valence-corrected chi connectivity index (χ1v) is 5.37. The Morgan fingerprint density at radius 3 is 3.25 bits per heavy atom. The molecule has 1 aliphatic rings. The number of piperidine rings is 1. The van der Waals surface area contributed by atoms with Gasteiger partial charge in [-0.1, -0.05) is 0 Å². The Kier molecular flexibility index (Phi) is 2.18. The molecule has 1 aliphatic heterocycles. The Bertz CT molecular complexity index is 534. The van der Waals surface area contributed by atoms with Crippen molar-refractivity contribution in [3.63, 3.8) is 0 Å². The standard InChI is InChI=1S/C11H12N4O/c16-10-2-4-12-6-8(10)9-7-14-11-13-3-1-5-15(9)11/h1,3,5,7-8,12H,2,4,6H2. The van der Waals surface area contributed by atoms with Crippen molar-refractivity contribution in [1.29, 1.82) is 0 Å². The molecule has 0 saturated carbocycles. The van der Waals surface area contributed by atoms with Crippen molar-refractivity contribution in [2.45, 2.75) is 12.3 Å². The van der Waals surface area contributed by atoms with Gasteiger partial charge in [0.05, 0.1) is 17.8 Å². The van der Waals surface area contributed by atoms with Gasteiger partial charge in [-0.15, -0.1) is 0 Å². The van der Waals surface area contributed by atoms with Crippen LogP contribution >= 0.6 is 0 Å². The lowest BCUT2D eigenvalue weighted by molar-refractivity contribution is -0.121. The number of ketones is 1. The van der Waals surface area contributed by atoms with Gasteiger partial charge in [-0.05, 0) is 6.07 Å². The summed E-state index contributed by atoms with van der Waals surface area (Å²) < 4.78 is 1.88. The van der Waals surface area contributed by atoms with Gasteiger partial charge in [0.25, 0.3) is 0 Å². The topological polar surface area (TPSA) is 59.3 Å². The Balaban J connectivity index is 2.08. The summed E-state index contributed by atoms with van der Waals surface area (Å²) in [6.45, 7) is 1.48. The Morgan fingerprint density at radius 2 is 2.38 bits per heavy atom. The highest BCUT2D eigenvalue weighted by Crippen LogP contribution is 2.20. The first-order valence-electron chi connectivity index (χ1n) is 5.37. The second-order valence-corrected chi connectivity index (χ2v) is 3.95. The van der Waals surface area contributed by atoms with Gasteiger partial charge in [-0.2, -0.15) is 0 Å². The lowest BCUT2D eigenvalue weighted by Crippen LogP contribution is -2.35. The molecule has 1 unspecified atom stereocenters. The summed E-state index contributed by atoms with van der Waals surface area (Å²) >= 11 is 0. The van der Waals surface area contributed by atoms with Crippen LogP contribution in [0.15, 0.2) is 24.7 Å². The Labute approximate surface area is 92.5 Å². The number of nitrogens with one attached hydrogen (secondary N) is 1. The summed E-state index contributed by atoms with van der Waals surface area (Å²) in [5.41, 5.74) is 0.931. The summed E-state index contributed by atoms with van der Waals surface area (Å²) in [7, 11) is 0. The number of imidazole rings is 1. The number of hydrogen-bond donors (Lipinski definition) is 1. The second-order valence-electron chi connectivity index (χ2n) is 3.95. The van der Waals surface area contributed by atoms with Crippen LogP contribution in [0.1, 0.15) is 18.0 Å². The molecule has 2 aromatic heterocycles. The third kappa shape index (κ3) is 1.40. The normalized spacial score (nSPS) is 21.5. The average Bonchev–Trinajstić information content (AvgIpc) is 2.74. The molecule has 0 spiro atoms. The van der Waals surface area contributed by atoms with Gasteiger partial charge in [-0.25, -0.2) is 9.97 Å². The number of aromatic nitrogens is 3. The quantitative estimate of drug-likeness (QED) is 0.748. The van der Waals surface area contributed by atoms with E-state index in [2.05, 4.69) is 15.3 Å². The van der Waals surface area contributed by atoms with E-state index >= 15 is 0 Å². The molecule has 16 heavy (non-hydrogen) atoms. The van der Waals surface area contributed by atoms with E-state index in [4.69, 9.17) is 0 Å². The average molecular weight is 216 g/mol. The monoisotopic (exact) mass is 216 g/mol. The Morgan fingerprint density at radius 1 is 1.44 bits per heavy atom. The maximum atomic E-state index is 11.8. The van der Waals surface area contributed by atoms with Gasteiger partial charge in [0.15, 0.2) is 0 Å². The zero-order valence-electron chi connectivity index (χ0n) is 8.76. The molecule has 0 aliphatic carbocycles. The van der Waals surface area contributed by atoms with Crippen molar-refractivity contribution in [1.82, 2.24) is 19.7 Å². The van der Waals surface area contributed by atoms with Crippen molar-refractivity contribution in [3.8, 4) is 0 Å². The minimum atomic E-state index is -0.0899. The molecule has 3 heterocycles. The zero-order valence-corrected chi connectivity index (χ0v) is 8.76. The molecule has 0 amide bonds. The molecule has 1 fully saturated rings. The third-order valence-electron chi connectivity index (χ3n) is 2.96. The molecule has 0 bridgehead atoms. The van der Waals surface area contributed by atoms with Crippen molar-refractivity contribution in [2.24, 2.45) is 0 Å². The van der Waals surface area contributed by atoms with Crippen LogP contribution in [-0.2, 0) is 4.79 Å². The lowest BCUT2D eigenvalue weighted by Gasteiger charge is -2.20. The minimum absolute atomic E-state index is 0.0899. The highest BCUT2D eigenvalue weighted by atomic mass is 16.1. The molecule has 82 valence electrons. The Hall–Kier alpha value is -1.75. The third-order valence-corrected chi connectivity index (χ3v) is 2.96. The smallest absolute Gasteiger partial charge is 0.233 e. The molecular formula is C11H12N4O. The van der Waals surface area contributed by atoms with Crippen molar-refractivity contribution < 1.29 is 4.79 Å². The number of rotatable bonds is 1. The largest absolute Gasteiger partial charge is 0.315 e. The van der Waals surface area contributed by atoms with E-state index in [0.717, 1.165) is 12.2 Å². The molecule has 2 aromatic rings. The SMILES string of the molecule is O=C1CCNCC1c1cnc2ncccn12. The summed E-state index contributed by atoms with van der Waals surface area (Å²) in [5.74, 6) is 0.841. The highest BCUT2D eigenvalue weighted by molar-refractivity contribution is 5.86. The fourth-order valence-electron chi connectivity index (χ4n) is 2.12. The number of carbonyl (C=O) groups is 1. The number of Topliss-reactive ketones (excluding diaryl/α,β-unsaturated/α-hetero) is 1.